The predicted molar refractivity (Wildman–Crippen MR) is 99.5 cm³/mol. The Balaban J connectivity index is 1.62. The van der Waals surface area contributed by atoms with Gasteiger partial charge in [0, 0.05) is 31.0 Å². The first-order chi connectivity index (χ1) is 11.9. The second-order valence-corrected chi connectivity index (χ2v) is 8.07. The van der Waals surface area contributed by atoms with Gasteiger partial charge in [-0.15, -0.1) is 0 Å². The van der Waals surface area contributed by atoms with E-state index >= 15 is 0 Å². The fourth-order valence-corrected chi connectivity index (χ4v) is 3.49. The van der Waals surface area contributed by atoms with Gasteiger partial charge in [0.05, 0.1) is 12.2 Å². The summed E-state index contributed by atoms with van der Waals surface area (Å²) in [7, 11) is 0. The standard InChI is InChI=1S/C21H28N2O2/c1-21(2,3)23-10-8-19(14-23)20(25)22-9-7-17(13-22)11-16-5-4-6-18(12-16)15-24/h4-6,8,10,12,14,17,24H,7,9,11,13,15H2,1-3H3/t17-/m0/s1. The topological polar surface area (TPSA) is 45.5 Å². The zero-order chi connectivity index (χ0) is 18.0. The highest BCUT2D eigenvalue weighted by atomic mass is 16.3. The largest absolute Gasteiger partial charge is 0.392 e. The van der Waals surface area contributed by atoms with Crippen molar-refractivity contribution in [2.45, 2.75) is 45.8 Å². The lowest BCUT2D eigenvalue weighted by Gasteiger charge is -2.21. The van der Waals surface area contributed by atoms with Gasteiger partial charge in [0.25, 0.3) is 5.91 Å². The Morgan fingerprint density at radius 1 is 1.24 bits per heavy atom. The van der Waals surface area contributed by atoms with E-state index in [1.807, 2.05) is 35.5 Å². The van der Waals surface area contributed by atoms with Crippen LogP contribution >= 0.6 is 0 Å². The van der Waals surface area contributed by atoms with E-state index in [2.05, 4.69) is 37.5 Å². The van der Waals surface area contributed by atoms with Crippen molar-refractivity contribution in [3.05, 3.63) is 59.4 Å². The number of likely N-dealkylation sites (tertiary alicyclic amines) is 1. The van der Waals surface area contributed by atoms with Crippen LogP contribution in [-0.4, -0.2) is 33.6 Å². The third kappa shape index (κ3) is 4.13. The number of benzene rings is 1. The molecule has 4 heteroatoms. The molecule has 25 heavy (non-hydrogen) atoms. The number of aromatic nitrogens is 1. The van der Waals surface area contributed by atoms with Crippen LogP contribution in [0.1, 0.15) is 48.7 Å². The summed E-state index contributed by atoms with van der Waals surface area (Å²) in [6, 6.07) is 10.0. The first-order valence-corrected chi connectivity index (χ1v) is 9.03. The number of nitrogens with zero attached hydrogens (tertiary/aromatic N) is 2. The molecule has 4 nitrogen and oxygen atoms in total. The van der Waals surface area contributed by atoms with Gasteiger partial charge in [-0.05, 0) is 56.7 Å². The fraction of sp³-hybridized carbons (Fsp3) is 0.476. The Kier molecular flexibility index (Phi) is 5.00. The van der Waals surface area contributed by atoms with Crippen LogP contribution in [0.3, 0.4) is 0 Å². The average molecular weight is 340 g/mol. The second kappa shape index (κ2) is 7.04. The van der Waals surface area contributed by atoms with Crippen molar-refractivity contribution < 1.29 is 9.90 Å². The molecule has 1 aromatic heterocycles. The Labute approximate surface area is 150 Å². The van der Waals surface area contributed by atoms with Crippen molar-refractivity contribution in [1.29, 1.82) is 0 Å². The summed E-state index contributed by atoms with van der Waals surface area (Å²) in [5.74, 6) is 0.622. The third-order valence-electron chi connectivity index (χ3n) is 4.99. The molecule has 1 fully saturated rings. The van der Waals surface area contributed by atoms with Crippen LogP contribution in [0.2, 0.25) is 0 Å². The fourth-order valence-electron chi connectivity index (χ4n) is 3.49. The molecule has 134 valence electrons. The van der Waals surface area contributed by atoms with E-state index in [-0.39, 0.29) is 18.1 Å². The van der Waals surface area contributed by atoms with Gasteiger partial charge in [-0.3, -0.25) is 4.79 Å². The van der Waals surface area contributed by atoms with Gasteiger partial charge < -0.3 is 14.6 Å². The van der Waals surface area contributed by atoms with E-state index in [0.717, 1.165) is 37.1 Å². The van der Waals surface area contributed by atoms with Crippen LogP contribution < -0.4 is 0 Å². The molecule has 0 aliphatic carbocycles. The van der Waals surface area contributed by atoms with Gasteiger partial charge in [0.2, 0.25) is 0 Å². The number of hydrogen-bond acceptors (Lipinski definition) is 2. The van der Waals surface area contributed by atoms with Crippen molar-refractivity contribution in [1.82, 2.24) is 9.47 Å². The molecule has 3 rings (SSSR count). The van der Waals surface area contributed by atoms with Gasteiger partial charge in [0.1, 0.15) is 0 Å². The molecular weight excluding hydrogens is 312 g/mol. The summed E-state index contributed by atoms with van der Waals surface area (Å²) in [6.45, 7) is 8.11. The molecule has 0 bridgehead atoms. The zero-order valence-electron chi connectivity index (χ0n) is 15.4. The van der Waals surface area contributed by atoms with E-state index in [4.69, 9.17) is 0 Å². The molecule has 0 spiro atoms. The number of aliphatic hydroxyl groups excluding tert-OH is 1. The quantitative estimate of drug-likeness (QED) is 0.927. The molecule has 0 saturated carbocycles. The number of carbonyl (C=O) groups excluding carboxylic acids is 1. The Hall–Kier alpha value is -2.07. The number of hydrogen-bond donors (Lipinski definition) is 1. The summed E-state index contributed by atoms with van der Waals surface area (Å²) < 4.78 is 2.09. The van der Waals surface area contributed by atoms with Crippen LogP contribution in [0, 0.1) is 5.92 Å². The normalized spacial score (nSPS) is 17.9. The highest BCUT2D eigenvalue weighted by Crippen LogP contribution is 2.24. The minimum atomic E-state index is -0.0101. The molecule has 1 aliphatic heterocycles. The first-order valence-electron chi connectivity index (χ1n) is 9.03. The summed E-state index contributed by atoms with van der Waals surface area (Å²) in [4.78, 5) is 14.7. The van der Waals surface area contributed by atoms with E-state index in [0.29, 0.717) is 5.92 Å². The highest BCUT2D eigenvalue weighted by Gasteiger charge is 2.28. The molecule has 0 radical (unpaired) electrons. The van der Waals surface area contributed by atoms with Crippen LogP contribution in [0.25, 0.3) is 0 Å². The summed E-state index contributed by atoms with van der Waals surface area (Å²) in [5.41, 5.74) is 2.96. The Morgan fingerprint density at radius 2 is 2.00 bits per heavy atom. The number of aliphatic hydroxyl groups is 1. The summed E-state index contributed by atoms with van der Waals surface area (Å²) >= 11 is 0. The van der Waals surface area contributed by atoms with Crippen LogP contribution in [0.5, 0.6) is 0 Å². The van der Waals surface area contributed by atoms with Gasteiger partial charge in [-0.25, -0.2) is 0 Å². The minimum absolute atomic E-state index is 0.0101. The lowest BCUT2D eigenvalue weighted by Crippen LogP contribution is -2.29. The molecule has 1 saturated heterocycles. The summed E-state index contributed by atoms with van der Waals surface area (Å²) in [5, 5.41) is 9.27. The van der Waals surface area contributed by atoms with Gasteiger partial charge in [0.15, 0.2) is 0 Å². The van der Waals surface area contributed by atoms with E-state index in [1.54, 1.807) is 0 Å². The van der Waals surface area contributed by atoms with Crippen molar-refractivity contribution >= 4 is 5.91 Å². The molecule has 1 amide bonds. The lowest BCUT2D eigenvalue weighted by molar-refractivity contribution is 0.0787. The Bertz CT molecular complexity index is 742. The monoisotopic (exact) mass is 340 g/mol. The molecule has 1 atom stereocenters. The smallest absolute Gasteiger partial charge is 0.255 e. The highest BCUT2D eigenvalue weighted by molar-refractivity contribution is 5.94. The van der Waals surface area contributed by atoms with Crippen molar-refractivity contribution in [3.8, 4) is 0 Å². The molecule has 1 aromatic carbocycles. The van der Waals surface area contributed by atoms with Crippen LogP contribution in [0.15, 0.2) is 42.7 Å². The molecule has 0 unspecified atom stereocenters. The maximum Gasteiger partial charge on any atom is 0.255 e. The molecule has 2 heterocycles. The molecule has 1 N–H and O–H groups in total. The zero-order valence-corrected chi connectivity index (χ0v) is 15.4. The predicted octanol–water partition coefficient (Wildman–Crippen LogP) is 3.44. The maximum absolute atomic E-state index is 12.8. The summed E-state index contributed by atoms with van der Waals surface area (Å²) in [6.07, 6.45) is 5.94. The lowest BCUT2D eigenvalue weighted by atomic mass is 9.97. The maximum atomic E-state index is 12.8. The third-order valence-corrected chi connectivity index (χ3v) is 4.99. The Morgan fingerprint density at radius 3 is 2.68 bits per heavy atom. The first kappa shape index (κ1) is 17.7. The van der Waals surface area contributed by atoms with Gasteiger partial charge in [-0.1, -0.05) is 24.3 Å². The van der Waals surface area contributed by atoms with E-state index in [9.17, 15) is 9.90 Å². The SMILES string of the molecule is CC(C)(C)n1ccc(C(=O)N2CC[C@@H](Cc3cccc(CO)c3)C2)c1. The minimum Gasteiger partial charge on any atom is -0.392 e. The average Bonchev–Trinajstić information content (AvgIpc) is 3.23. The van der Waals surface area contributed by atoms with Crippen molar-refractivity contribution in [2.75, 3.05) is 13.1 Å². The second-order valence-electron chi connectivity index (χ2n) is 8.07. The van der Waals surface area contributed by atoms with Crippen molar-refractivity contribution in [2.24, 2.45) is 5.92 Å². The van der Waals surface area contributed by atoms with Crippen LogP contribution in [0.4, 0.5) is 0 Å². The van der Waals surface area contributed by atoms with Crippen LogP contribution in [-0.2, 0) is 18.6 Å². The molecule has 1 aliphatic rings. The number of rotatable bonds is 4. The van der Waals surface area contributed by atoms with E-state index < -0.39 is 0 Å². The van der Waals surface area contributed by atoms with Crippen molar-refractivity contribution in [3.63, 3.8) is 0 Å². The molecular formula is C21H28N2O2. The number of carbonyl (C=O) groups is 1. The van der Waals surface area contributed by atoms with E-state index in [1.165, 1.54) is 5.56 Å². The molecule has 2 aromatic rings. The van der Waals surface area contributed by atoms with Gasteiger partial charge >= 0.3 is 0 Å². The van der Waals surface area contributed by atoms with Gasteiger partial charge in [-0.2, -0.15) is 0 Å². The number of amides is 1.